The molecule has 0 heterocycles. The van der Waals surface area contributed by atoms with Gasteiger partial charge in [-0.05, 0) is 29.7 Å². The molecule has 0 aliphatic carbocycles. The Bertz CT molecular complexity index is 336. The number of hydrogen-bond acceptors (Lipinski definition) is 2. The van der Waals surface area contributed by atoms with Crippen LogP contribution in [-0.4, -0.2) is 8.76 Å². The van der Waals surface area contributed by atoms with Crippen LogP contribution in [0.4, 0.5) is 5.69 Å². The van der Waals surface area contributed by atoms with E-state index < -0.39 is 11.1 Å². The van der Waals surface area contributed by atoms with E-state index in [0.29, 0.717) is 10.6 Å². The van der Waals surface area contributed by atoms with Gasteiger partial charge in [-0.2, -0.15) is 0 Å². The lowest BCUT2D eigenvalue weighted by Crippen LogP contribution is -1.99. The van der Waals surface area contributed by atoms with E-state index in [-0.39, 0.29) is 5.92 Å². The average Bonchev–Trinajstić information content (AvgIpc) is 2.03. The molecule has 1 atom stereocenters. The second-order valence-electron chi connectivity index (χ2n) is 3.20. The van der Waals surface area contributed by atoms with Crippen molar-refractivity contribution < 1.29 is 8.76 Å². The molecule has 4 heteroatoms. The van der Waals surface area contributed by atoms with Gasteiger partial charge >= 0.3 is 0 Å². The molecule has 1 aromatic rings. The summed E-state index contributed by atoms with van der Waals surface area (Å²) in [6.07, 6.45) is 0. The predicted molar refractivity (Wildman–Crippen MR) is 54.0 cm³/mol. The standard InChI is InChI=1S/C9H13NO2S/c1-6(2)8-5-7(10)3-4-9(8)13(11)12/h3-6H,10H2,1-2H3,(H,11,12). The van der Waals surface area contributed by atoms with Gasteiger partial charge in [-0.25, -0.2) is 4.21 Å². The molecule has 0 saturated heterocycles. The minimum Gasteiger partial charge on any atom is -0.399 e. The maximum absolute atomic E-state index is 10.9. The molecule has 0 aliphatic rings. The van der Waals surface area contributed by atoms with Gasteiger partial charge in [-0.1, -0.05) is 13.8 Å². The summed E-state index contributed by atoms with van der Waals surface area (Å²) in [6.45, 7) is 3.93. The minimum atomic E-state index is -1.92. The number of benzene rings is 1. The molecule has 0 amide bonds. The smallest absolute Gasteiger partial charge is 0.186 e. The van der Waals surface area contributed by atoms with E-state index in [4.69, 9.17) is 10.3 Å². The first-order chi connectivity index (χ1) is 6.02. The Balaban J connectivity index is 3.26. The highest BCUT2D eigenvalue weighted by Crippen LogP contribution is 2.24. The van der Waals surface area contributed by atoms with Gasteiger partial charge in [0.15, 0.2) is 11.1 Å². The summed E-state index contributed by atoms with van der Waals surface area (Å²) in [6, 6.07) is 4.98. The molecule has 1 unspecified atom stereocenters. The molecule has 1 aromatic carbocycles. The first-order valence-corrected chi connectivity index (χ1v) is 5.13. The van der Waals surface area contributed by atoms with Crippen LogP contribution in [0.1, 0.15) is 25.3 Å². The Labute approximate surface area is 80.2 Å². The summed E-state index contributed by atoms with van der Waals surface area (Å²) in [5.41, 5.74) is 7.04. The van der Waals surface area contributed by atoms with Gasteiger partial charge in [-0.3, -0.25) is 0 Å². The van der Waals surface area contributed by atoms with Crippen LogP contribution in [-0.2, 0) is 11.1 Å². The van der Waals surface area contributed by atoms with E-state index in [1.54, 1.807) is 18.2 Å². The van der Waals surface area contributed by atoms with E-state index in [1.807, 2.05) is 13.8 Å². The van der Waals surface area contributed by atoms with Crippen LogP contribution in [0.25, 0.3) is 0 Å². The summed E-state index contributed by atoms with van der Waals surface area (Å²) >= 11 is -1.92. The molecule has 72 valence electrons. The zero-order valence-electron chi connectivity index (χ0n) is 7.65. The van der Waals surface area contributed by atoms with Gasteiger partial charge in [0, 0.05) is 5.69 Å². The lowest BCUT2D eigenvalue weighted by Gasteiger charge is -2.10. The second-order valence-corrected chi connectivity index (χ2v) is 4.14. The fraction of sp³-hybridized carbons (Fsp3) is 0.333. The van der Waals surface area contributed by atoms with E-state index in [9.17, 15) is 4.21 Å². The number of rotatable bonds is 2. The van der Waals surface area contributed by atoms with E-state index in [2.05, 4.69) is 0 Å². The molecule has 0 aromatic heterocycles. The van der Waals surface area contributed by atoms with Crippen LogP contribution >= 0.6 is 0 Å². The van der Waals surface area contributed by atoms with Crippen LogP contribution in [0.15, 0.2) is 23.1 Å². The number of hydrogen-bond donors (Lipinski definition) is 2. The average molecular weight is 199 g/mol. The second kappa shape index (κ2) is 3.89. The summed E-state index contributed by atoms with van der Waals surface area (Å²) in [5, 5.41) is 0. The van der Waals surface area contributed by atoms with Gasteiger partial charge in [0.2, 0.25) is 0 Å². The van der Waals surface area contributed by atoms with Crippen LogP contribution in [0.5, 0.6) is 0 Å². The van der Waals surface area contributed by atoms with Crippen molar-refractivity contribution in [2.75, 3.05) is 5.73 Å². The number of nitrogen functional groups attached to an aromatic ring is 1. The van der Waals surface area contributed by atoms with Crippen molar-refractivity contribution in [2.24, 2.45) is 0 Å². The largest absolute Gasteiger partial charge is 0.399 e. The fourth-order valence-corrected chi connectivity index (χ4v) is 1.86. The monoisotopic (exact) mass is 199 g/mol. The van der Waals surface area contributed by atoms with Crippen molar-refractivity contribution in [3.05, 3.63) is 23.8 Å². The molecule has 0 bridgehead atoms. The van der Waals surface area contributed by atoms with Crippen LogP contribution < -0.4 is 5.73 Å². The Morgan fingerprint density at radius 3 is 2.54 bits per heavy atom. The Kier molecular flexibility index (Phi) is 3.06. The molecule has 0 fully saturated rings. The molecule has 3 nitrogen and oxygen atoms in total. The van der Waals surface area contributed by atoms with Gasteiger partial charge in [-0.15, -0.1) is 0 Å². The number of nitrogens with two attached hydrogens (primary N) is 1. The van der Waals surface area contributed by atoms with Crippen LogP contribution in [0.3, 0.4) is 0 Å². The van der Waals surface area contributed by atoms with Gasteiger partial charge in [0.25, 0.3) is 0 Å². The molecule has 0 saturated carbocycles. The topological polar surface area (TPSA) is 63.3 Å². The quantitative estimate of drug-likeness (QED) is 0.565. The maximum atomic E-state index is 10.9. The highest BCUT2D eigenvalue weighted by Gasteiger charge is 2.10. The van der Waals surface area contributed by atoms with Crippen LogP contribution in [0.2, 0.25) is 0 Å². The summed E-state index contributed by atoms with van der Waals surface area (Å²) in [4.78, 5) is 0.448. The zero-order chi connectivity index (χ0) is 10.0. The molecular weight excluding hydrogens is 186 g/mol. The first-order valence-electron chi connectivity index (χ1n) is 4.02. The van der Waals surface area contributed by atoms with Gasteiger partial charge < -0.3 is 10.3 Å². The summed E-state index contributed by atoms with van der Waals surface area (Å²) < 4.78 is 19.9. The Morgan fingerprint density at radius 2 is 2.08 bits per heavy atom. The molecule has 3 N–H and O–H groups in total. The molecule has 13 heavy (non-hydrogen) atoms. The van der Waals surface area contributed by atoms with Crippen molar-refractivity contribution in [1.29, 1.82) is 0 Å². The van der Waals surface area contributed by atoms with Gasteiger partial charge in [0.1, 0.15) is 0 Å². The van der Waals surface area contributed by atoms with Crippen molar-refractivity contribution >= 4 is 16.8 Å². The third-order valence-electron chi connectivity index (χ3n) is 1.84. The highest BCUT2D eigenvalue weighted by molar-refractivity contribution is 7.79. The molecule has 0 radical (unpaired) electrons. The fourth-order valence-electron chi connectivity index (χ4n) is 1.18. The van der Waals surface area contributed by atoms with E-state index >= 15 is 0 Å². The molecule has 1 rings (SSSR count). The summed E-state index contributed by atoms with van der Waals surface area (Å²) in [5.74, 6) is 0.203. The van der Waals surface area contributed by atoms with Gasteiger partial charge in [0.05, 0.1) is 4.90 Å². The molecule has 0 aliphatic heterocycles. The third-order valence-corrected chi connectivity index (χ3v) is 2.59. The van der Waals surface area contributed by atoms with E-state index in [1.165, 1.54) is 0 Å². The number of anilines is 1. The van der Waals surface area contributed by atoms with Crippen molar-refractivity contribution in [2.45, 2.75) is 24.7 Å². The normalized spacial score (nSPS) is 13.2. The first kappa shape index (κ1) is 10.2. The van der Waals surface area contributed by atoms with Crippen molar-refractivity contribution in [3.63, 3.8) is 0 Å². The summed E-state index contributed by atoms with van der Waals surface area (Å²) in [7, 11) is 0. The lowest BCUT2D eigenvalue weighted by molar-refractivity contribution is 0.562. The Morgan fingerprint density at radius 1 is 1.46 bits per heavy atom. The zero-order valence-corrected chi connectivity index (χ0v) is 8.47. The predicted octanol–water partition coefficient (Wildman–Crippen LogP) is 1.97. The highest BCUT2D eigenvalue weighted by atomic mass is 32.2. The molecule has 0 spiro atoms. The van der Waals surface area contributed by atoms with E-state index in [0.717, 1.165) is 5.56 Å². The van der Waals surface area contributed by atoms with Crippen molar-refractivity contribution in [1.82, 2.24) is 0 Å². The minimum absolute atomic E-state index is 0.203. The molecular formula is C9H13NO2S. The van der Waals surface area contributed by atoms with Crippen LogP contribution in [0, 0.1) is 0 Å². The van der Waals surface area contributed by atoms with Crippen molar-refractivity contribution in [3.8, 4) is 0 Å². The Hall–Kier alpha value is -0.870. The third kappa shape index (κ3) is 2.29. The SMILES string of the molecule is CC(C)c1cc(N)ccc1S(=O)O. The maximum Gasteiger partial charge on any atom is 0.186 e. The lowest BCUT2D eigenvalue weighted by atomic mass is 10.0.